The van der Waals surface area contributed by atoms with E-state index >= 15 is 0 Å². The topological polar surface area (TPSA) is 134 Å². The molecule has 0 saturated carbocycles. The Balaban J connectivity index is 1.84. The maximum atomic E-state index is 14.7. The van der Waals surface area contributed by atoms with Gasteiger partial charge in [-0.3, -0.25) is 10.00 Å². The SMILES string of the molecule is COC(=O)Nc1c(N)nc(-c2nn(Cc3ccccc3)c3c(F)cccc23)nc1N. The summed E-state index contributed by atoms with van der Waals surface area (Å²) in [5.41, 5.74) is 13.5. The van der Waals surface area contributed by atoms with Crippen molar-refractivity contribution in [3.8, 4) is 11.5 Å². The third-order valence-electron chi connectivity index (χ3n) is 4.49. The lowest BCUT2D eigenvalue weighted by molar-refractivity contribution is 0.187. The average Bonchev–Trinajstić information content (AvgIpc) is 3.10. The molecule has 30 heavy (non-hydrogen) atoms. The Labute approximate surface area is 170 Å². The highest BCUT2D eigenvalue weighted by molar-refractivity contribution is 5.95. The first-order chi connectivity index (χ1) is 14.5. The van der Waals surface area contributed by atoms with Gasteiger partial charge in [0.25, 0.3) is 0 Å². The molecular formula is C20H18FN7O2. The first-order valence-electron chi connectivity index (χ1n) is 8.95. The van der Waals surface area contributed by atoms with E-state index in [1.54, 1.807) is 16.8 Å². The van der Waals surface area contributed by atoms with Crippen LogP contribution in [0.5, 0.6) is 0 Å². The molecule has 0 spiro atoms. The molecule has 0 saturated heterocycles. The molecule has 1 amide bonds. The fourth-order valence-corrected chi connectivity index (χ4v) is 3.11. The third kappa shape index (κ3) is 3.46. The van der Waals surface area contributed by atoms with Crippen LogP contribution >= 0.6 is 0 Å². The molecule has 0 aliphatic heterocycles. The number of fused-ring (bicyclic) bond motifs is 1. The molecule has 2 heterocycles. The van der Waals surface area contributed by atoms with Gasteiger partial charge in [0.1, 0.15) is 22.7 Å². The standard InChI is InChI=1S/C20H18FN7O2/c1-30-20(29)24-15-17(22)25-19(26-18(15)23)14-12-8-5-9-13(21)16(12)28(27-14)10-11-6-3-2-4-7-11/h2-9H,10H2,1H3,(H,24,29)(H4,22,23,25,26). The van der Waals surface area contributed by atoms with Crippen LogP contribution in [-0.2, 0) is 11.3 Å². The van der Waals surface area contributed by atoms with E-state index in [0.29, 0.717) is 23.1 Å². The number of nitrogen functional groups attached to an aromatic ring is 2. The number of hydrogen-bond acceptors (Lipinski definition) is 7. The number of nitrogens with zero attached hydrogens (tertiary/aromatic N) is 4. The van der Waals surface area contributed by atoms with Crippen LogP contribution in [-0.4, -0.2) is 33.0 Å². The Kier molecular flexibility index (Phi) is 4.88. The first kappa shape index (κ1) is 19.1. The number of benzene rings is 2. The summed E-state index contributed by atoms with van der Waals surface area (Å²) in [6, 6.07) is 14.2. The van der Waals surface area contributed by atoms with Crippen molar-refractivity contribution in [1.29, 1.82) is 0 Å². The number of halogens is 1. The van der Waals surface area contributed by atoms with E-state index in [-0.39, 0.29) is 23.1 Å². The second-order valence-electron chi connectivity index (χ2n) is 6.44. The van der Waals surface area contributed by atoms with E-state index in [0.717, 1.165) is 5.56 Å². The molecule has 0 radical (unpaired) electrons. The number of nitrogens with two attached hydrogens (primary N) is 2. The Morgan fingerprint density at radius 3 is 2.47 bits per heavy atom. The summed E-state index contributed by atoms with van der Waals surface area (Å²) in [5, 5.41) is 7.41. The summed E-state index contributed by atoms with van der Waals surface area (Å²) in [6.45, 7) is 0.352. The molecule has 5 N–H and O–H groups in total. The summed E-state index contributed by atoms with van der Waals surface area (Å²) < 4.78 is 20.8. The van der Waals surface area contributed by atoms with Crippen LogP contribution in [0, 0.1) is 5.82 Å². The maximum absolute atomic E-state index is 14.7. The zero-order valence-corrected chi connectivity index (χ0v) is 16.0. The van der Waals surface area contributed by atoms with Gasteiger partial charge < -0.3 is 16.2 Å². The molecule has 4 aromatic rings. The van der Waals surface area contributed by atoms with Gasteiger partial charge in [-0.05, 0) is 11.6 Å². The molecule has 0 fully saturated rings. The molecule has 0 aliphatic carbocycles. The van der Waals surface area contributed by atoms with Crippen LogP contribution in [0.2, 0.25) is 0 Å². The number of hydrogen-bond donors (Lipinski definition) is 3. The highest BCUT2D eigenvalue weighted by Crippen LogP contribution is 2.31. The fraction of sp³-hybridized carbons (Fsp3) is 0.100. The van der Waals surface area contributed by atoms with Gasteiger partial charge in [0.15, 0.2) is 17.5 Å². The lowest BCUT2D eigenvalue weighted by Crippen LogP contribution is -2.16. The van der Waals surface area contributed by atoms with E-state index in [2.05, 4.69) is 25.1 Å². The van der Waals surface area contributed by atoms with Gasteiger partial charge in [0, 0.05) is 5.39 Å². The molecule has 9 nitrogen and oxygen atoms in total. The molecule has 4 rings (SSSR count). The van der Waals surface area contributed by atoms with E-state index in [9.17, 15) is 9.18 Å². The lowest BCUT2D eigenvalue weighted by atomic mass is 10.2. The number of methoxy groups -OCH3 is 1. The van der Waals surface area contributed by atoms with Crippen molar-refractivity contribution in [3.05, 3.63) is 59.9 Å². The minimum atomic E-state index is -0.760. The van der Waals surface area contributed by atoms with Gasteiger partial charge in [0.05, 0.1) is 13.7 Å². The Morgan fingerprint density at radius 1 is 1.10 bits per heavy atom. The Bertz CT molecular complexity index is 1220. The summed E-state index contributed by atoms with van der Waals surface area (Å²) in [4.78, 5) is 19.9. The van der Waals surface area contributed by atoms with E-state index in [1.165, 1.54) is 13.2 Å². The molecule has 0 atom stereocenters. The quantitative estimate of drug-likeness (QED) is 0.473. The second kappa shape index (κ2) is 7.66. The number of ether oxygens (including phenoxy) is 1. The van der Waals surface area contributed by atoms with Crippen molar-refractivity contribution in [2.45, 2.75) is 6.54 Å². The number of anilines is 3. The van der Waals surface area contributed by atoms with Crippen LogP contribution in [0.15, 0.2) is 48.5 Å². The van der Waals surface area contributed by atoms with Gasteiger partial charge in [-0.25, -0.2) is 19.2 Å². The van der Waals surface area contributed by atoms with Crippen LogP contribution < -0.4 is 16.8 Å². The van der Waals surface area contributed by atoms with E-state index in [4.69, 9.17) is 11.5 Å². The fourth-order valence-electron chi connectivity index (χ4n) is 3.11. The molecule has 0 aliphatic rings. The highest BCUT2D eigenvalue weighted by atomic mass is 19.1. The van der Waals surface area contributed by atoms with Crippen molar-refractivity contribution in [1.82, 2.24) is 19.7 Å². The Morgan fingerprint density at radius 2 is 1.80 bits per heavy atom. The number of carbonyl (C=O) groups is 1. The summed E-state index contributed by atoms with van der Waals surface area (Å²) >= 11 is 0. The van der Waals surface area contributed by atoms with E-state index < -0.39 is 11.9 Å². The van der Waals surface area contributed by atoms with Crippen molar-refractivity contribution >= 4 is 34.3 Å². The van der Waals surface area contributed by atoms with Crippen LogP contribution in [0.3, 0.4) is 0 Å². The molecule has 152 valence electrons. The maximum Gasteiger partial charge on any atom is 0.411 e. The number of amides is 1. The number of carbonyl (C=O) groups excluding carboxylic acids is 1. The summed E-state index contributed by atoms with van der Waals surface area (Å²) in [5.74, 6) is -0.440. The molecular weight excluding hydrogens is 389 g/mol. The number of aromatic nitrogens is 4. The van der Waals surface area contributed by atoms with Crippen molar-refractivity contribution in [2.75, 3.05) is 23.9 Å². The molecule has 2 aromatic heterocycles. The largest absolute Gasteiger partial charge is 0.453 e. The lowest BCUT2D eigenvalue weighted by Gasteiger charge is -2.10. The summed E-state index contributed by atoms with van der Waals surface area (Å²) in [7, 11) is 1.21. The van der Waals surface area contributed by atoms with Gasteiger partial charge in [-0.15, -0.1) is 0 Å². The van der Waals surface area contributed by atoms with Gasteiger partial charge in [-0.1, -0.05) is 42.5 Å². The number of rotatable bonds is 4. The highest BCUT2D eigenvalue weighted by Gasteiger charge is 2.21. The molecule has 0 unspecified atom stereocenters. The Hall–Kier alpha value is -4.21. The zero-order chi connectivity index (χ0) is 21.3. The van der Waals surface area contributed by atoms with Gasteiger partial charge in [-0.2, -0.15) is 5.10 Å². The van der Waals surface area contributed by atoms with Crippen LogP contribution in [0.4, 0.5) is 26.5 Å². The van der Waals surface area contributed by atoms with Crippen LogP contribution in [0.25, 0.3) is 22.4 Å². The predicted molar refractivity (Wildman–Crippen MR) is 111 cm³/mol. The monoisotopic (exact) mass is 407 g/mol. The molecule has 10 heteroatoms. The van der Waals surface area contributed by atoms with Crippen molar-refractivity contribution in [3.63, 3.8) is 0 Å². The average molecular weight is 407 g/mol. The first-order valence-corrected chi connectivity index (χ1v) is 8.95. The predicted octanol–water partition coefficient (Wildman–Crippen LogP) is 3.02. The van der Waals surface area contributed by atoms with Gasteiger partial charge >= 0.3 is 6.09 Å². The van der Waals surface area contributed by atoms with Crippen molar-refractivity contribution < 1.29 is 13.9 Å². The van der Waals surface area contributed by atoms with Gasteiger partial charge in [0.2, 0.25) is 0 Å². The molecule has 0 bridgehead atoms. The minimum absolute atomic E-state index is 0.0322. The smallest absolute Gasteiger partial charge is 0.411 e. The normalized spacial score (nSPS) is 10.9. The van der Waals surface area contributed by atoms with E-state index in [1.807, 2.05) is 30.3 Å². The van der Waals surface area contributed by atoms with Crippen molar-refractivity contribution in [2.24, 2.45) is 0 Å². The third-order valence-corrected chi connectivity index (χ3v) is 4.49. The van der Waals surface area contributed by atoms with Crippen LogP contribution in [0.1, 0.15) is 5.56 Å². The summed E-state index contributed by atoms with van der Waals surface area (Å²) in [6.07, 6.45) is -0.760. The number of para-hydroxylation sites is 1. The minimum Gasteiger partial charge on any atom is -0.453 e. The second-order valence-corrected chi connectivity index (χ2v) is 6.44. The number of nitrogens with one attached hydrogen (secondary N) is 1. The zero-order valence-electron chi connectivity index (χ0n) is 16.0. The molecule has 2 aromatic carbocycles.